The summed E-state index contributed by atoms with van der Waals surface area (Å²) >= 11 is 7.09. The van der Waals surface area contributed by atoms with E-state index in [1.807, 2.05) is 6.08 Å². The van der Waals surface area contributed by atoms with Crippen LogP contribution in [0.1, 0.15) is 43.9 Å². The molecule has 0 bridgehead atoms. The number of piperidine rings is 1. The van der Waals surface area contributed by atoms with Gasteiger partial charge in [-0.3, -0.25) is 0 Å². The summed E-state index contributed by atoms with van der Waals surface area (Å²) < 4.78 is 14.5. The van der Waals surface area contributed by atoms with Gasteiger partial charge >= 0.3 is 6.09 Å². The van der Waals surface area contributed by atoms with Gasteiger partial charge in [0.2, 0.25) is 0 Å². The standard InChI is InChI=1S/C24H32FN5O2S2/c1-3-28(4-2)18-7-10-30(24(31)32)20(15-18)19-14-17(25)6-5-16(19)13-21-22(33)27-23(34-21)29-11-8-26-9-12-29/h5-6,13-14,18,20,26H,3-4,7-12,15H2,1-2H3,(H,31,32)/b21-13-. The molecule has 2 fully saturated rings. The number of halogens is 1. The molecule has 2 atom stereocenters. The van der Waals surface area contributed by atoms with Crippen LogP contribution in [0.2, 0.25) is 0 Å². The van der Waals surface area contributed by atoms with Crippen LogP contribution in [0, 0.1) is 5.82 Å². The topological polar surface area (TPSA) is 71.4 Å². The molecule has 34 heavy (non-hydrogen) atoms. The molecule has 4 rings (SSSR count). The maximum absolute atomic E-state index is 14.5. The normalized spacial score (nSPS) is 24.8. The molecule has 7 nitrogen and oxygen atoms in total. The molecule has 3 aliphatic heterocycles. The molecule has 0 radical (unpaired) electrons. The number of likely N-dealkylation sites (tertiary alicyclic amines) is 1. The fourth-order valence-electron chi connectivity index (χ4n) is 5.04. The minimum absolute atomic E-state index is 0.254. The summed E-state index contributed by atoms with van der Waals surface area (Å²) in [7, 11) is 0. The first kappa shape index (κ1) is 25.1. The first-order valence-corrected chi connectivity index (χ1v) is 13.1. The van der Waals surface area contributed by atoms with Crippen LogP contribution in [0.4, 0.5) is 9.18 Å². The van der Waals surface area contributed by atoms with Crippen molar-refractivity contribution in [3.8, 4) is 0 Å². The van der Waals surface area contributed by atoms with Gasteiger partial charge in [-0.05, 0) is 67.0 Å². The van der Waals surface area contributed by atoms with Gasteiger partial charge in [0.15, 0.2) is 5.17 Å². The van der Waals surface area contributed by atoms with E-state index >= 15 is 0 Å². The van der Waals surface area contributed by atoms with Gasteiger partial charge in [-0.1, -0.05) is 32.1 Å². The zero-order valence-electron chi connectivity index (χ0n) is 19.7. The summed E-state index contributed by atoms with van der Waals surface area (Å²) in [4.78, 5) is 24.1. The number of thioether (sulfide) groups is 1. The van der Waals surface area contributed by atoms with E-state index in [1.54, 1.807) is 6.07 Å². The molecule has 0 saturated carbocycles. The molecule has 10 heteroatoms. The van der Waals surface area contributed by atoms with Crippen molar-refractivity contribution in [3.05, 3.63) is 40.0 Å². The van der Waals surface area contributed by atoms with Crippen molar-refractivity contribution in [1.82, 2.24) is 20.0 Å². The summed E-state index contributed by atoms with van der Waals surface area (Å²) in [5.74, 6) is -0.369. The number of hydrogen-bond donors (Lipinski definition) is 2. The predicted octanol–water partition coefficient (Wildman–Crippen LogP) is 4.03. The number of nitrogens with zero attached hydrogens (tertiary/aromatic N) is 4. The van der Waals surface area contributed by atoms with E-state index in [-0.39, 0.29) is 11.9 Å². The SMILES string of the molecule is CCN(CC)C1CCN(C(=O)O)C(c2cc(F)ccc2/C=C2\SC(N3CCNCC3)=NC2=S)C1. The number of thiocarbonyl (C=S) groups is 1. The van der Waals surface area contributed by atoms with E-state index in [2.05, 4.69) is 34.0 Å². The molecule has 3 aliphatic rings. The second kappa shape index (κ2) is 11.2. The Labute approximate surface area is 210 Å². The maximum atomic E-state index is 14.5. The highest BCUT2D eigenvalue weighted by atomic mass is 32.2. The van der Waals surface area contributed by atoms with Crippen molar-refractivity contribution in [2.45, 2.75) is 38.8 Å². The molecule has 1 amide bonds. The molecular formula is C24H32FN5O2S2. The molecule has 2 N–H and O–H groups in total. The highest BCUT2D eigenvalue weighted by Crippen LogP contribution is 2.38. The van der Waals surface area contributed by atoms with Crippen LogP contribution in [0.25, 0.3) is 6.08 Å². The van der Waals surface area contributed by atoms with Gasteiger partial charge in [-0.15, -0.1) is 0 Å². The molecule has 0 aliphatic carbocycles. The number of hydrogen-bond acceptors (Lipinski definition) is 6. The average Bonchev–Trinajstić information content (AvgIpc) is 3.21. The Morgan fingerprint density at radius 2 is 2.06 bits per heavy atom. The Hall–Kier alpha value is -2.01. The van der Waals surface area contributed by atoms with Gasteiger partial charge in [-0.25, -0.2) is 14.2 Å². The minimum atomic E-state index is -0.971. The van der Waals surface area contributed by atoms with Crippen molar-refractivity contribution in [3.63, 3.8) is 0 Å². The maximum Gasteiger partial charge on any atom is 0.407 e. The monoisotopic (exact) mass is 505 g/mol. The number of benzene rings is 1. The molecule has 1 aromatic rings. The predicted molar refractivity (Wildman–Crippen MR) is 140 cm³/mol. The lowest BCUT2D eigenvalue weighted by atomic mass is 9.88. The smallest absolute Gasteiger partial charge is 0.407 e. The summed E-state index contributed by atoms with van der Waals surface area (Å²) in [6.07, 6.45) is 2.38. The van der Waals surface area contributed by atoms with Crippen LogP contribution in [0.3, 0.4) is 0 Å². The van der Waals surface area contributed by atoms with Gasteiger partial charge in [0, 0.05) is 38.8 Å². The number of rotatable bonds is 5. The molecular weight excluding hydrogens is 473 g/mol. The molecule has 3 heterocycles. The molecule has 2 saturated heterocycles. The summed E-state index contributed by atoms with van der Waals surface area (Å²) in [5.41, 5.74) is 1.48. The summed E-state index contributed by atoms with van der Waals surface area (Å²) in [5, 5.41) is 14.2. The number of amidine groups is 1. The highest BCUT2D eigenvalue weighted by Gasteiger charge is 2.36. The van der Waals surface area contributed by atoms with E-state index < -0.39 is 12.1 Å². The number of nitrogens with one attached hydrogen (secondary N) is 1. The number of aliphatic imine (C=N–C) groups is 1. The van der Waals surface area contributed by atoms with Gasteiger partial charge in [-0.2, -0.15) is 0 Å². The molecule has 0 spiro atoms. The summed E-state index contributed by atoms with van der Waals surface area (Å²) in [6.45, 7) is 10.1. The number of carbonyl (C=O) groups is 1. The fourth-order valence-corrected chi connectivity index (χ4v) is 6.33. The first-order chi connectivity index (χ1) is 16.4. The van der Waals surface area contributed by atoms with Crippen LogP contribution in [0.5, 0.6) is 0 Å². The Kier molecular flexibility index (Phi) is 8.23. The third-order valence-corrected chi connectivity index (χ3v) is 8.34. The minimum Gasteiger partial charge on any atom is -0.465 e. The molecule has 2 unspecified atom stereocenters. The van der Waals surface area contributed by atoms with Crippen molar-refractivity contribution < 1.29 is 14.3 Å². The van der Waals surface area contributed by atoms with Crippen LogP contribution in [-0.4, -0.2) is 87.9 Å². The summed E-state index contributed by atoms with van der Waals surface area (Å²) in [6, 6.07) is 4.46. The Morgan fingerprint density at radius 3 is 2.74 bits per heavy atom. The number of carboxylic acid groups (broad SMARTS) is 1. The van der Waals surface area contributed by atoms with Crippen molar-refractivity contribution in [1.29, 1.82) is 0 Å². The van der Waals surface area contributed by atoms with Crippen LogP contribution in [-0.2, 0) is 0 Å². The zero-order valence-corrected chi connectivity index (χ0v) is 21.3. The molecule has 0 aromatic heterocycles. The Morgan fingerprint density at radius 1 is 1.32 bits per heavy atom. The Balaban J connectivity index is 1.64. The third-order valence-electron chi connectivity index (χ3n) is 6.84. The quantitative estimate of drug-likeness (QED) is 0.463. The van der Waals surface area contributed by atoms with Gasteiger partial charge in [0.25, 0.3) is 0 Å². The second-order valence-electron chi connectivity index (χ2n) is 8.71. The molecule has 184 valence electrons. The lowest BCUT2D eigenvalue weighted by Crippen LogP contribution is -2.48. The Bertz CT molecular complexity index is 992. The largest absolute Gasteiger partial charge is 0.465 e. The first-order valence-electron chi connectivity index (χ1n) is 11.9. The lowest BCUT2D eigenvalue weighted by molar-refractivity contribution is 0.0645. The second-order valence-corrected chi connectivity index (χ2v) is 10.1. The van der Waals surface area contributed by atoms with E-state index in [0.717, 1.165) is 61.3 Å². The van der Waals surface area contributed by atoms with Gasteiger partial charge in [0.1, 0.15) is 10.8 Å². The van der Waals surface area contributed by atoms with E-state index in [0.29, 0.717) is 23.5 Å². The van der Waals surface area contributed by atoms with E-state index in [9.17, 15) is 14.3 Å². The van der Waals surface area contributed by atoms with Gasteiger partial charge in [0.05, 0.1) is 10.9 Å². The third kappa shape index (κ3) is 5.45. The van der Waals surface area contributed by atoms with Crippen molar-refractivity contribution in [2.24, 2.45) is 4.99 Å². The van der Waals surface area contributed by atoms with Gasteiger partial charge < -0.3 is 25.1 Å². The van der Waals surface area contributed by atoms with Crippen LogP contribution >= 0.6 is 24.0 Å². The van der Waals surface area contributed by atoms with Crippen molar-refractivity contribution >= 4 is 46.3 Å². The highest BCUT2D eigenvalue weighted by molar-refractivity contribution is 8.19. The van der Waals surface area contributed by atoms with Crippen LogP contribution < -0.4 is 5.32 Å². The molecule has 1 aromatic carbocycles. The van der Waals surface area contributed by atoms with E-state index in [1.165, 1.54) is 28.8 Å². The van der Waals surface area contributed by atoms with Crippen LogP contribution in [0.15, 0.2) is 28.1 Å². The van der Waals surface area contributed by atoms with Crippen molar-refractivity contribution in [2.75, 3.05) is 45.8 Å². The average molecular weight is 506 g/mol. The fraction of sp³-hybridized carbons (Fsp3) is 0.542. The zero-order chi connectivity index (χ0) is 24.2. The lowest BCUT2D eigenvalue weighted by Gasteiger charge is -2.42. The van der Waals surface area contributed by atoms with E-state index in [4.69, 9.17) is 12.2 Å². The number of piperazine rings is 1. The number of amides is 1.